The van der Waals surface area contributed by atoms with Gasteiger partial charge in [-0.3, -0.25) is 14.7 Å². The Kier molecular flexibility index (Phi) is 5.15. The molecule has 2 atom stereocenters. The first kappa shape index (κ1) is 18.0. The van der Waals surface area contributed by atoms with Crippen molar-refractivity contribution in [2.24, 2.45) is 0 Å². The molecule has 0 saturated carbocycles. The summed E-state index contributed by atoms with van der Waals surface area (Å²) in [7, 11) is 0. The van der Waals surface area contributed by atoms with Crippen LogP contribution < -0.4 is 4.74 Å². The van der Waals surface area contributed by atoms with Crippen molar-refractivity contribution in [2.45, 2.75) is 31.4 Å². The molecule has 0 aliphatic carbocycles. The van der Waals surface area contributed by atoms with E-state index in [9.17, 15) is 4.79 Å². The van der Waals surface area contributed by atoms with Crippen molar-refractivity contribution in [1.82, 2.24) is 14.8 Å². The van der Waals surface area contributed by atoms with Gasteiger partial charge in [-0.05, 0) is 43.5 Å². The fraction of sp³-hybridized carbons (Fsp3) is 0.450. The summed E-state index contributed by atoms with van der Waals surface area (Å²) in [5.74, 6) is 0.760. The molecule has 27 heavy (non-hydrogen) atoms. The molecular weight excluding hydrogens is 364 g/mol. The van der Waals surface area contributed by atoms with Gasteiger partial charge in [-0.1, -0.05) is 11.6 Å². The second-order valence-electron chi connectivity index (χ2n) is 7.08. The molecule has 0 N–H and O–H groups in total. The summed E-state index contributed by atoms with van der Waals surface area (Å²) in [6, 6.07) is 9.43. The number of hydrogen-bond acceptors (Lipinski definition) is 5. The molecule has 6 nitrogen and oxygen atoms in total. The van der Waals surface area contributed by atoms with E-state index in [1.165, 1.54) is 0 Å². The van der Waals surface area contributed by atoms with Crippen LogP contribution in [0.2, 0.25) is 5.02 Å². The number of halogens is 1. The molecule has 2 aliphatic rings. The Morgan fingerprint density at radius 1 is 1.33 bits per heavy atom. The maximum atomic E-state index is 12.5. The number of carbonyl (C=O) groups excluding carboxylic acids is 1. The van der Waals surface area contributed by atoms with Crippen LogP contribution in [0.3, 0.4) is 0 Å². The molecule has 1 aromatic carbocycles. The Morgan fingerprint density at radius 2 is 2.22 bits per heavy atom. The van der Waals surface area contributed by atoms with Crippen molar-refractivity contribution >= 4 is 28.4 Å². The number of aromatic nitrogens is 1. The zero-order valence-corrected chi connectivity index (χ0v) is 15.7. The van der Waals surface area contributed by atoms with Crippen LogP contribution >= 0.6 is 11.6 Å². The second-order valence-corrected chi connectivity index (χ2v) is 7.49. The number of nitriles is 1. The molecule has 1 amide bonds. The predicted octanol–water partition coefficient (Wildman–Crippen LogP) is 2.86. The maximum absolute atomic E-state index is 12.5. The number of nitrogens with zero attached hydrogens (tertiary/aromatic N) is 4. The monoisotopic (exact) mass is 384 g/mol. The Hall–Kier alpha value is -2.36. The average Bonchev–Trinajstić information content (AvgIpc) is 3.33. The number of ether oxygens (including phenoxy) is 1. The van der Waals surface area contributed by atoms with E-state index >= 15 is 0 Å². The summed E-state index contributed by atoms with van der Waals surface area (Å²) in [5.41, 5.74) is 0.758. The van der Waals surface area contributed by atoms with Gasteiger partial charge in [0, 0.05) is 31.2 Å². The summed E-state index contributed by atoms with van der Waals surface area (Å²) in [6.07, 6.45) is 4.28. The molecule has 0 radical (unpaired) electrons. The van der Waals surface area contributed by atoms with E-state index in [2.05, 4.69) is 16.0 Å². The third kappa shape index (κ3) is 3.71. The molecule has 2 aromatic rings. The van der Waals surface area contributed by atoms with Crippen LogP contribution in [0.5, 0.6) is 5.75 Å². The van der Waals surface area contributed by atoms with Gasteiger partial charge in [0.15, 0.2) is 0 Å². The highest BCUT2D eigenvalue weighted by atomic mass is 35.5. The smallest absolute Gasteiger partial charge is 0.237 e. The third-order valence-electron chi connectivity index (χ3n) is 5.28. The summed E-state index contributed by atoms with van der Waals surface area (Å²) in [4.78, 5) is 20.7. The lowest BCUT2D eigenvalue weighted by Crippen LogP contribution is -2.42. The van der Waals surface area contributed by atoms with Gasteiger partial charge in [-0.25, -0.2) is 0 Å². The first-order valence-electron chi connectivity index (χ1n) is 9.27. The van der Waals surface area contributed by atoms with E-state index in [1.54, 1.807) is 11.1 Å². The second kappa shape index (κ2) is 7.71. The molecule has 4 rings (SSSR count). The first-order valence-corrected chi connectivity index (χ1v) is 9.65. The van der Waals surface area contributed by atoms with Crippen LogP contribution in [0.1, 0.15) is 19.3 Å². The number of carbonyl (C=O) groups is 1. The highest BCUT2D eigenvalue weighted by Gasteiger charge is 2.32. The van der Waals surface area contributed by atoms with Crippen molar-refractivity contribution < 1.29 is 9.53 Å². The highest BCUT2D eigenvalue weighted by molar-refractivity contribution is 6.35. The number of fused-ring (bicyclic) bond motifs is 1. The van der Waals surface area contributed by atoms with Gasteiger partial charge in [0.1, 0.15) is 23.4 Å². The van der Waals surface area contributed by atoms with Crippen molar-refractivity contribution in [3.63, 3.8) is 0 Å². The predicted molar refractivity (Wildman–Crippen MR) is 103 cm³/mol. The quantitative estimate of drug-likeness (QED) is 0.810. The van der Waals surface area contributed by atoms with Crippen molar-refractivity contribution in [3.8, 4) is 11.8 Å². The molecule has 140 valence electrons. The van der Waals surface area contributed by atoms with E-state index in [1.807, 2.05) is 24.3 Å². The van der Waals surface area contributed by atoms with Gasteiger partial charge in [-0.2, -0.15) is 5.26 Å². The van der Waals surface area contributed by atoms with Gasteiger partial charge in [0.05, 0.1) is 17.6 Å². The zero-order chi connectivity index (χ0) is 18.8. The van der Waals surface area contributed by atoms with Gasteiger partial charge >= 0.3 is 0 Å². The van der Waals surface area contributed by atoms with Gasteiger partial charge in [0.25, 0.3) is 0 Å². The SMILES string of the molecule is N#C[C@@H]1CCCN1C(=O)CN1CC[C@H](Oc2ccc(Cl)c3cccnc23)C1. The minimum atomic E-state index is -0.265. The lowest BCUT2D eigenvalue weighted by molar-refractivity contribution is -0.132. The maximum Gasteiger partial charge on any atom is 0.237 e. The molecule has 0 spiro atoms. The van der Waals surface area contributed by atoms with E-state index in [-0.39, 0.29) is 18.1 Å². The molecule has 2 saturated heterocycles. The minimum Gasteiger partial charge on any atom is -0.487 e. The van der Waals surface area contributed by atoms with Crippen molar-refractivity contribution in [1.29, 1.82) is 5.26 Å². The Labute approximate surface area is 163 Å². The number of benzene rings is 1. The first-order chi connectivity index (χ1) is 13.2. The summed E-state index contributed by atoms with van der Waals surface area (Å²) in [6.45, 7) is 2.53. The number of rotatable bonds is 4. The largest absolute Gasteiger partial charge is 0.487 e. The standard InChI is InChI=1S/C20H21ClN4O2/c21-17-5-6-18(20-16(17)4-1-8-23-20)27-15-7-10-24(12-15)13-19(26)25-9-2-3-14(25)11-22/h1,4-6,8,14-15H,2-3,7,9-10,12-13H2/t14-,15-/m0/s1. The number of pyridine rings is 1. The van der Waals surface area contributed by atoms with Gasteiger partial charge in [-0.15, -0.1) is 0 Å². The normalized spacial score (nSPS) is 22.9. The lowest BCUT2D eigenvalue weighted by Gasteiger charge is -2.23. The van der Waals surface area contributed by atoms with Crippen LogP contribution in [0.25, 0.3) is 10.9 Å². The van der Waals surface area contributed by atoms with Crippen LogP contribution in [-0.4, -0.2) is 59.0 Å². The Morgan fingerprint density at radius 3 is 3.07 bits per heavy atom. The van der Waals surface area contributed by atoms with Crippen molar-refractivity contribution in [2.75, 3.05) is 26.2 Å². The Balaban J connectivity index is 1.39. The minimum absolute atomic E-state index is 0.00882. The fourth-order valence-corrected chi connectivity index (χ4v) is 4.12. The lowest BCUT2D eigenvalue weighted by atomic mass is 10.2. The third-order valence-corrected chi connectivity index (χ3v) is 5.61. The fourth-order valence-electron chi connectivity index (χ4n) is 3.91. The molecule has 0 unspecified atom stereocenters. The number of amides is 1. The molecular formula is C20H21ClN4O2. The number of hydrogen-bond donors (Lipinski definition) is 0. The van der Waals surface area contributed by atoms with E-state index in [0.29, 0.717) is 24.7 Å². The summed E-state index contributed by atoms with van der Waals surface area (Å²) < 4.78 is 6.18. The summed E-state index contributed by atoms with van der Waals surface area (Å²) >= 11 is 6.24. The number of likely N-dealkylation sites (tertiary alicyclic amines) is 2. The molecule has 2 fully saturated rings. The van der Waals surface area contributed by atoms with E-state index in [0.717, 1.165) is 42.5 Å². The van der Waals surface area contributed by atoms with Crippen LogP contribution in [0, 0.1) is 11.3 Å². The molecule has 1 aromatic heterocycles. The molecule has 2 aliphatic heterocycles. The topological polar surface area (TPSA) is 69.5 Å². The summed E-state index contributed by atoms with van der Waals surface area (Å²) in [5, 5.41) is 10.7. The van der Waals surface area contributed by atoms with Gasteiger partial charge < -0.3 is 9.64 Å². The molecule has 3 heterocycles. The van der Waals surface area contributed by atoms with Gasteiger partial charge in [0.2, 0.25) is 5.91 Å². The molecule has 7 heteroatoms. The van der Waals surface area contributed by atoms with Crippen LogP contribution in [-0.2, 0) is 4.79 Å². The Bertz CT molecular complexity index is 897. The van der Waals surface area contributed by atoms with E-state index < -0.39 is 0 Å². The van der Waals surface area contributed by atoms with Crippen LogP contribution in [0.15, 0.2) is 30.5 Å². The van der Waals surface area contributed by atoms with Crippen LogP contribution in [0.4, 0.5) is 0 Å². The van der Waals surface area contributed by atoms with Crippen molar-refractivity contribution in [3.05, 3.63) is 35.5 Å². The molecule has 0 bridgehead atoms. The zero-order valence-electron chi connectivity index (χ0n) is 15.0. The van der Waals surface area contributed by atoms with E-state index in [4.69, 9.17) is 21.6 Å². The average molecular weight is 385 g/mol. The highest BCUT2D eigenvalue weighted by Crippen LogP contribution is 2.31.